The second-order valence-corrected chi connectivity index (χ2v) is 5.34. The van der Waals surface area contributed by atoms with Crippen LogP contribution in [0.4, 0.5) is 0 Å². The molecule has 1 heterocycles. The van der Waals surface area contributed by atoms with Gasteiger partial charge < -0.3 is 5.32 Å². The van der Waals surface area contributed by atoms with Crippen molar-refractivity contribution >= 4 is 16.9 Å². The summed E-state index contributed by atoms with van der Waals surface area (Å²) in [6.45, 7) is 2.16. The third kappa shape index (κ3) is 3.19. The lowest BCUT2D eigenvalue weighted by Crippen LogP contribution is -2.25. The van der Waals surface area contributed by atoms with Crippen LogP contribution in [0.15, 0.2) is 4.99 Å². The van der Waals surface area contributed by atoms with Gasteiger partial charge in [0, 0.05) is 18.8 Å². The molecule has 2 rings (SSSR count). The second-order valence-electron chi connectivity index (χ2n) is 4.25. The SMILES string of the molecule is C1CN=C(NCCC2CCCC2)SC1. The predicted molar refractivity (Wildman–Crippen MR) is 64.0 cm³/mol. The molecule has 1 aliphatic heterocycles. The van der Waals surface area contributed by atoms with Gasteiger partial charge in [-0.3, -0.25) is 4.99 Å². The molecule has 3 heteroatoms. The molecule has 0 amide bonds. The molecule has 0 saturated heterocycles. The van der Waals surface area contributed by atoms with Crippen LogP contribution in [0.25, 0.3) is 0 Å². The van der Waals surface area contributed by atoms with E-state index < -0.39 is 0 Å². The summed E-state index contributed by atoms with van der Waals surface area (Å²) in [6, 6.07) is 0. The monoisotopic (exact) mass is 212 g/mol. The highest BCUT2D eigenvalue weighted by Crippen LogP contribution is 2.27. The van der Waals surface area contributed by atoms with Gasteiger partial charge in [-0.2, -0.15) is 0 Å². The average molecular weight is 212 g/mol. The number of thioether (sulfide) groups is 1. The molecule has 0 atom stereocenters. The summed E-state index contributed by atoms with van der Waals surface area (Å²) in [5.41, 5.74) is 0. The molecule has 1 N–H and O–H groups in total. The zero-order valence-corrected chi connectivity index (χ0v) is 9.61. The molecule has 2 aliphatic rings. The van der Waals surface area contributed by atoms with E-state index in [0.29, 0.717) is 0 Å². The Bertz CT molecular complexity index is 197. The number of nitrogens with one attached hydrogen (secondary N) is 1. The van der Waals surface area contributed by atoms with Crippen LogP contribution in [0, 0.1) is 5.92 Å². The first-order valence-electron chi connectivity index (χ1n) is 5.86. The number of amidine groups is 1. The topological polar surface area (TPSA) is 24.4 Å². The minimum atomic E-state index is 0.997. The van der Waals surface area contributed by atoms with Gasteiger partial charge in [-0.05, 0) is 18.8 Å². The number of rotatable bonds is 3. The molecule has 0 aromatic carbocycles. The number of aliphatic imine (C=N–C) groups is 1. The van der Waals surface area contributed by atoms with Crippen LogP contribution < -0.4 is 5.32 Å². The number of hydrogen-bond acceptors (Lipinski definition) is 3. The van der Waals surface area contributed by atoms with Crippen molar-refractivity contribution < 1.29 is 0 Å². The first-order chi connectivity index (χ1) is 6.95. The van der Waals surface area contributed by atoms with Crippen molar-refractivity contribution in [2.24, 2.45) is 10.9 Å². The third-order valence-electron chi connectivity index (χ3n) is 3.10. The van der Waals surface area contributed by atoms with Gasteiger partial charge in [-0.25, -0.2) is 0 Å². The third-order valence-corrected chi connectivity index (χ3v) is 4.14. The van der Waals surface area contributed by atoms with Crippen molar-refractivity contribution in [1.82, 2.24) is 5.32 Å². The van der Waals surface area contributed by atoms with Crippen molar-refractivity contribution in [2.75, 3.05) is 18.8 Å². The van der Waals surface area contributed by atoms with Crippen molar-refractivity contribution in [3.63, 3.8) is 0 Å². The zero-order valence-electron chi connectivity index (χ0n) is 8.80. The predicted octanol–water partition coefficient (Wildman–Crippen LogP) is 2.65. The summed E-state index contributed by atoms with van der Waals surface area (Å²) in [7, 11) is 0. The highest BCUT2D eigenvalue weighted by Gasteiger charge is 2.14. The number of hydrogen-bond donors (Lipinski definition) is 1. The summed E-state index contributed by atoms with van der Waals surface area (Å²) in [4.78, 5) is 4.46. The Labute approximate surface area is 90.9 Å². The molecule has 1 fully saturated rings. The fraction of sp³-hybridized carbons (Fsp3) is 0.909. The van der Waals surface area contributed by atoms with Gasteiger partial charge in [0.15, 0.2) is 5.17 Å². The Morgan fingerprint density at radius 3 is 2.86 bits per heavy atom. The Hall–Kier alpha value is -0.180. The van der Waals surface area contributed by atoms with E-state index in [1.807, 2.05) is 11.8 Å². The minimum absolute atomic E-state index is 0.997. The molecule has 0 bridgehead atoms. The van der Waals surface area contributed by atoms with Crippen LogP contribution in [-0.2, 0) is 0 Å². The molecule has 0 aromatic rings. The maximum Gasteiger partial charge on any atom is 0.156 e. The standard InChI is InChI=1S/C11H20N2S/c1-2-5-10(4-1)6-8-13-11-12-7-3-9-14-11/h10H,1-9H2,(H,12,13). The number of nitrogens with zero attached hydrogens (tertiary/aromatic N) is 1. The summed E-state index contributed by atoms with van der Waals surface area (Å²) < 4.78 is 0. The van der Waals surface area contributed by atoms with E-state index in [-0.39, 0.29) is 0 Å². The normalized spacial score (nSPS) is 23.6. The maximum atomic E-state index is 4.46. The Morgan fingerprint density at radius 2 is 2.14 bits per heavy atom. The lowest BCUT2D eigenvalue weighted by Gasteiger charge is -2.14. The van der Waals surface area contributed by atoms with E-state index in [9.17, 15) is 0 Å². The second kappa shape index (κ2) is 5.64. The van der Waals surface area contributed by atoms with Crippen LogP contribution >= 0.6 is 11.8 Å². The molecule has 0 aromatic heterocycles. The van der Waals surface area contributed by atoms with E-state index in [1.165, 1.54) is 49.4 Å². The summed E-state index contributed by atoms with van der Waals surface area (Å²) in [5, 5.41) is 4.65. The van der Waals surface area contributed by atoms with E-state index in [2.05, 4.69) is 10.3 Å². The highest BCUT2D eigenvalue weighted by atomic mass is 32.2. The van der Waals surface area contributed by atoms with E-state index in [0.717, 1.165) is 19.0 Å². The molecular formula is C11H20N2S. The Morgan fingerprint density at radius 1 is 1.29 bits per heavy atom. The lowest BCUT2D eigenvalue weighted by atomic mass is 10.0. The van der Waals surface area contributed by atoms with Crippen LogP contribution in [0.1, 0.15) is 38.5 Å². The van der Waals surface area contributed by atoms with Crippen LogP contribution in [-0.4, -0.2) is 24.0 Å². The van der Waals surface area contributed by atoms with Gasteiger partial charge in [0.1, 0.15) is 0 Å². The van der Waals surface area contributed by atoms with Crippen molar-refractivity contribution in [1.29, 1.82) is 0 Å². The van der Waals surface area contributed by atoms with Gasteiger partial charge in [-0.15, -0.1) is 0 Å². The van der Waals surface area contributed by atoms with Gasteiger partial charge in [0.2, 0.25) is 0 Å². The van der Waals surface area contributed by atoms with Crippen molar-refractivity contribution in [2.45, 2.75) is 38.5 Å². The molecule has 1 aliphatic carbocycles. The molecule has 0 unspecified atom stereocenters. The minimum Gasteiger partial charge on any atom is -0.365 e. The Balaban J connectivity index is 1.59. The van der Waals surface area contributed by atoms with E-state index in [1.54, 1.807) is 0 Å². The smallest absolute Gasteiger partial charge is 0.156 e. The average Bonchev–Trinajstić information content (AvgIpc) is 2.72. The van der Waals surface area contributed by atoms with Crippen molar-refractivity contribution in [3.05, 3.63) is 0 Å². The molecule has 14 heavy (non-hydrogen) atoms. The fourth-order valence-corrected chi connectivity index (χ4v) is 3.10. The van der Waals surface area contributed by atoms with Gasteiger partial charge in [0.25, 0.3) is 0 Å². The van der Waals surface area contributed by atoms with Gasteiger partial charge in [0.05, 0.1) is 0 Å². The summed E-state index contributed by atoms with van der Waals surface area (Å²) in [5.74, 6) is 2.24. The quantitative estimate of drug-likeness (QED) is 0.778. The maximum absolute atomic E-state index is 4.46. The Kier molecular flexibility index (Phi) is 4.17. The summed E-state index contributed by atoms with van der Waals surface area (Å²) >= 11 is 1.88. The van der Waals surface area contributed by atoms with Gasteiger partial charge >= 0.3 is 0 Å². The van der Waals surface area contributed by atoms with Gasteiger partial charge in [-0.1, -0.05) is 37.4 Å². The summed E-state index contributed by atoms with van der Waals surface area (Å²) in [6.07, 6.45) is 8.43. The largest absolute Gasteiger partial charge is 0.365 e. The van der Waals surface area contributed by atoms with Crippen LogP contribution in [0.3, 0.4) is 0 Å². The molecule has 2 nitrogen and oxygen atoms in total. The first kappa shape index (κ1) is 10.3. The van der Waals surface area contributed by atoms with E-state index in [4.69, 9.17) is 0 Å². The fourth-order valence-electron chi connectivity index (χ4n) is 2.25. The molecular weight excluding hydrogens is 192 g/mol. The molecule has 0 radical (unpaired) electrons. The van der Waals surface area contributed by atoms with E-state index >= 15 is 0 Å². The molecule has 1 saturated carbocycles. The first-order valence-corrected chi connectivity index (χ1v) is 6.85. The van der Waals surface area contributed by atoms with Crippen LogP contribution in [0.5, 0.6) is 0 Å². The molecule has 80 valence electrons. The lowest BCUT2D eigenvalue weighted by molar-refractivity contribution is 0.500. The van der Waals surface area contributed by atoms with Crippen LogP contribution in [0.2, 0.25) is 0 Å². The zero-order chi connectivity index (χ0) is 9.64. The molecule has 0 spiro atoms. The highest BCUT2D eigenvalue weighted by molar-refractivity contribution is 8.13. The van der Waals surface area contributed by atoms with Crippen molar-refractivity contribution in [3.8, 4) is 0 Å².